The number of fused-ring (bicyclic) bond motifs is 3. The molecule has 1 aromatic carbocycles. The molecule has 0 saturated heterocycles. The minimum Gasteiger partial charge on any atom is -0.481 e. The van der Waals surface area contributed by atoms with E-state index in [4.69, 9.17) is 9.72 Å². The molecule has 2 aromatic heterocycles. The lowest BCUT2D eigenvalue weighted by Gasteiger charge is -2.35. The van der Waals surface area contributed by atoms with Crippen LogP contribution in [-0.2, 0) is 21.5 Å². The molecule has 0 bridgehead atoms. The van der Waals surface area contributed by atoms with Crippen molar-refractivity contribution < 1.29 is 19.4 Å². The lowest BCUT2D eigenvalue weighted by atomic mass is 9.85. The van der Waals surface area contributed by atoms with Crippen molar-refractivity contribution in [2.75, 3.05) is 24.0 Å². The van der Waals surface area contributed by atoms with Crippen LogP contribution in [0.3, 0.4) is 0 Å². The Balaban J connectivity index is 1.54. The fourth-order valence-electron chi connectivity index (χ4n) is 6.69. The molecular weight excluding hydrogens is 482 g/mol. The van der Waals surface area contributed by atoms with Crippen LogP contribution in [0.1, 0.15) is 69.3 Å². The van der Waals surface area contributed by atoms with Crippen molar-refractivity contribution in [3.05, 3.63) is 47.9 Å². The van der Waals surface area contributed by atoms with Gasteiger partial charge in [0.1, 0.15) is 11.6 Å². The number of carbonyl (C=O) groups is 2. The van der Waals surface area contributed by atoms with Crippen molar-refractivity contribution >= 4 is 34.6 Å². The molecule has 6 rings (SSSR count). The number of carboxylic acids is 1. The van der Waals surface area contributed by atoms with Crippen molar-refractivity contribution in [3.63, 3.8) is 0 Å². The van der Waals surface area contributed by atoms with Crippen LogP contribution in [0, 0.1) is 5.92 Å². The van der Waals surface area contributed by atoms with Gasteiger partial charge in [-0.1, -0.05) is 12.5 Å². The second kappa shape index (κ2) is 9.29. The summed E-state index contributed by atoms with van der Waals surface area (Å²) in [4.78, 5) is 38.7. The Morgan fingerprint density at radius 2 is 1.97 bits per heavy atom. The zero-order valence-corrected chi connectivity index (χ0v) is 22.3. The fraction of sp³-hybridized carbons (Fsp3) is 0.517. The van der Waals surface area contributed by atoms with E-state index in [1.807, 2.05) is 37.4 Å². The monoisotopic (exact) mass is 517 g/mol. The first kappa shape index (κ1) is 24.7. The molecule has 0 unspecified atom stereocenters. The summed E-state index contributed by atoms with van der Waals surface area (Å²) >= 11 is 0. The average Bonchev–Trinajstić information content (AvgIpc) is 3.65. The maximum atomic E-state index is 12.7. The number of imidazole rings is 1. The third-order valence-electron chi connectivity index (χ3n) is 8.96. The Morgan fingerprint density at radius 3 is 2.66 bits per heavy atom. The lowest BCUT2D eigenvalue weighted by Crippen LogP contribution is -2.42. The van der Waals surface area contributed by atoms with Gasteiger partial charge < -0.3 is 19.3 Å². The number of carboxylic acid groups (broad SMARTS) is 1. The van der Waals surface area contributed by atoms with E-state index in [1.54, 1.807) is 4.90 Å². The number of nitrogens with zero attached hydrogens (tertiary/aromatic N) is 5. The first-order valence-electron chi connectivity index (χ1n) is 13.6. The molecule has 0 spiro atoms. The standard InChI is InChI=1S/C29H35N5O4/c1-18-10-11-21-22(33(18)28(37)38-3)12-13-23-25(21)31-27(34(23)20-8-6-7-19(17-20)26(35)36)29(14-15-29)32(2)24-9-4-5-16-30-24/h4-5,9,12-13,16,18-20H,6-8,10-11,14-15,17H2,1-3H3,(H,35,36)/t18-,19+,20+/m0/s1. The van der Waals surface area contributed by atoms with E-state index in [0.29, 0.717) is 12.8 Å². The van der Waals surface area contributed by atoms with Gasteiger partial charge in [0.05, 0.1) is 35.3 Å². The number of anilines is 2. The van der Waals surface area contributed by atoms with Gasteiger partial charge in [0.15, 0.2) is 0 Å². The van der Waals surface area contributed by atoms with Crippen molar-refractivity contribution in [1.82, 2.24) is 14.5 Å². The van der Waals surface area contributed by atoms with Crippen molar-refractivity contribution in [1.29, 1.82) is 0 Å². The second-order valence-corrected chi connectivity index (χ2v) is 11.1. The maximum absolute atomic E-state index is 12.7. The summed E-state index contributed by atoms with van der Waals surface area (Å²) in [5, 5.41) is 9.84. The first-order chi connectivity index (χ1) is 18.4. The SMILES string of the molecule is COC(=O)N1c2ccc3c(nc(C4(N(C)c5ccccn5)CC4)n3[C@@H]3CCC[C@@H](C(=O)O)C3)c2CC[C@@H]1C. The number of amides is 1. The summed E-state index contributed by atoms with van der Waals surface area (Å²) in [6.45, 7) is 2.04. The predicted molar refractivity (Wildman–Crippen MR) is 145 cm³/mol. The van der Waals surface area contributed by atoms with Crippen LogP contribution in [0.15, 0.2) is 36.5 Å². The van der Waals surface area contributed by atoms with Gasteiger partial charge in [0, 0.05) is 30.9 Å². The summed E-state index contributed by atoms with van der Waals surface area (Å²) in [5.74, 6) is 0.806. The summed E-state index contributed by atoms with van der Waals surface area (Å²) in [7, 11) is 3.50. The number of benzene rings is 1. The highest BCUT2D eigenvalue weighted by molar-refractivity contribution is 5.95. The van der Waals surface area contributed by atoms with Crippen LogP contribution in [0.4, 0.5) is 16.3 Å². The van der Waals surface area contributed by atoms with Gasteiger partial charge >= 0.3 is 12.1 Å². The number of aromatic nitrogens is 3. The smallest absolute Gasteiger partial charge is 0.414 e. The highest BCUT2D eigenvalue weighted by atomic mass is 16.5. The number of rotatable bonds is 5. The highest BCUT2D eigenvalue weighted by Gasteiger charge is 2.53. The summed E-state index contributed by atoms with van der Waals surface area (Å²) in [5.41, 5.74) is 3.55. The molecule has 1 amide bonds. The highest BCUT2D eigenvalue weighted by Crippen LogP contribution is 2.54. The quantitative estimate of drug-likeness (QED) is 0.491. The molecule has 3 atom stereocenters. The number of hydrogen-bond donors (Lipinski definition) is 1. The van der Waals surface area contributed by atoms with E-state index in [-0.39, 0.29) is 29.6 Å². The Morgan fingerprint density at radius 1 is 1.16 bits per heavy atom. The van der Waals surface area contributed by atoms with Crippen LogP contribution >= 0.6 is 0 Å². The number of ether oxygens (including phenoxy) is 1. The summed E-state index contributed by atoms with van der Waals surface area (Å²) < 4.78 is 7.47. The molecule has 2 fully saturated rings. The molecule has 9 heteroatoms. The van der Waals surface area contributed by atoms with Gasteiger partial charge in [-0.15, -0.1) is 0 Å². The molecule has 38 heavy (non-hydrogen) atoms. The van der Waals surface area contributed by atoms with Gasteiger partial charge in [0.25, 0.3) is 0 Å². The molecular formula is C29H35N5O4. The van der Waals surface area contributed by atoms with Gasteiger partial charge in [-0.2, -0.15) is 0 Å². The van der Waals surface area contributed by atoms with E-state index >= 15 is 0 Å². The lowest BCUT2D eigenvalue weighted by molar-refractivity contribution is -0.143. The minimum absolute atomic E-state index is 0.0358. The number of pyridine rings is 1. The van der Waals surface area contributed by atoms with Crippen LogP contribution in [0.5, 0.6) is 0 Å². The Hall–Kier alpha value is -3.62. The van der Waals surface area contributed by atoms with E-state index in [2.05, 4.69) is 27.6 Å². The third kappa shape index (κ3) is 3.82. The first-order valence-corrected chi connectivity index (χ1v) is 13.6. The summed E-state index contributed by atoms with van der Waals surface area (Å²) in [6.07, 6.45) is 8.11. The summed E-state index contributed by atoms with van der Waals surface area (Å²) in [6, 6.07) is 10.1. The molecule has 0 radical (unpaired) electrons. The van der Waals surface area contributed by atoms with Crippen molar-refractivity contribution in [2.24, 2.45) is 5.92 Å². The van der Waals surface area contributed by atoms with Gasteiger partial charge in [-0.25, -0.2) is 14.8 Å². The molecule has 3 aliphatic rings. The van der Waals surface area contributed by atoms with Crippen LogP contribution in [0.2, 0.25) is 0 Å². The van der Waals surface area contributed by atoms with Crippen molar-refractivity contribution in [3.8, 4) is 0 Å². The normalized spacial score (nSPS) is 24.1. The Bertz CT molecular complexity index is 1380. The third-order valence-corrected chi connectivity index (χ3v) is 8.96. The number of carbonyl (C=O) groups excluding carboxylic acids is 1. The molecule has 3 heterocycles. The maximum Gasteiger partial charge on any atom is 0.414 e. The average molecular weight is 518 g/mol. The molecule has 9 nitrogen and oxygen atoms in total. The molecule has 2 aliphatic carbocycles. The van der Waals surface area contributed by atoms with E-state index in [1.165, 1.54) is 7.11 Å². The number of aliphatic carboxylic acids is 1. The van der Waals surface area contributed by atoms with Gasteiger partial charge in [-0.3, -0.25) is 9.69 Å². The minimum atomic E-state index is -0.715. The van der Waals surface area contributed by atoms with E-state index in [0.717, 1.165) is 72.5 Å². The molecule has 3 aromatic rings. The van der Waals surface area contributed by atoms with Crippen LogP contribution < -0.4 is 9.80 Å². The molecule has 1 aliphatic heterocycles. The largest absolute Gasteiger partial charge is 0.481 e. The van der Waals surface area contributed by atoms with Crippen LogP contribution in [0.25, 0.3) is 11.0 Å². The number of aryl methyl sites for hydroxylation is 1. The van der Waals surface area contributed by atoms with E-state index < -0.39 is 5.97 Å². The van der Waals surface area contributed by atoms with Crippen LogP contribution in [-0.4, -0.2) is 51.9 Å². The van der Waals surface area contributed by atoms with Gasteiger partial charge in [-0.05, 0) is 76.1 Å². The predicted octanol–water partition coefficient (Wildman–Crippen LogP) is 5.28. The zero-order valence-electron chi connectivity index (χ0n) is 22.3. The number of hydrogen-bond acceptors (Lipinski definition) is 6. The van der Waals surface area contributed by atoms with Gasteiger partial charge in [0.2, 0.25) is 0 Å². The van der Waals surface area contributed by atoms with E-state index in [9.17, 15) is 14.7 Å². The fourth-order valence-corrected chi connectivity index (χ4v) is 6.69. The Kier molecular flexibility index (Phi) is 6.04. The van der Waals surface area contributed by atoms with Crippen molar-refractivity contribution in [2.45, 2.75) is 75.9 Å². The topological polar surface area (TPSA) is 101 Å². The molecule has 200 valence electrons. The molecule has 1 N–H and O–H groups in total. The Labute approximate surface area is 222 Å². The second-order valence-electron chi connectivity index (χ2n) is 11.1. The zero-order chi connectivity index (χ0) is 26.6. The number of methoxy groups -OCH3 is 1. The molecule has 2 saturated carbocycles.